The molecule has 1 saturated carbocycles. The molecule has 1 N–H and O–H groups in total. The fourth-order valence-corrected chi connectivity index (χ4v) is 3.56. The van der Waals surface area contributed by atoms with Gasteiger partial charge >= 0.3 is 0 Å². The van der Waals surface area contributed by atoms with Crippen LogP contribution in [0.2, 0.25) is 0 Å². The molecule has 1 aliphatic carbocycles. The van der Waals surface area contributed by atoms with Crippen LogP contribution in [0.3, 0.4) is 0 Å². The van der Waals surface area contributed by atoms with Gasteiger partial charge in [0.15, 0.2) is 0 Å². The van der Waals surface area contributed by atoms with Crippen LogP contribution in [-0.2, 0) is 9.59 Å². The minimum atomic E-state index is -0.451. The average molecular weight is 335 g/mol. The van der Waals surface area contributed by atoms with Crippen LogP contribution in [0.4, 0.5) is 5.69 Å². The summed E-state index contributed by atoms with van der Waals surface area (Å²) in [4.78, 5) is 27.1. The quantitative estimate of drug-likeness (QED) is 0.522. The minimum Gasteiger partial charge on any atom is -0.349 e. The molecule has 2 amide bonds. The SMILES string of the molecule is C=CCN1C(=O)/C(=C(\C#N)C(=O)NC2CCCCC2)c2ccccc21. The highest BCUT2D eigenvalue weighted by molar-refractivity contribution is 6.37. The first-order valence-corrected chi connectivity index (χ1v) is 8.64. The fraction of sp³-hybridized carbons (Fsp3) is 0.350. The zero-order valence-electron chi connectivity index (χ0n) is 14.1. The molecule has 25 heavy (non-hydrogen) atoms. The van der Waals surface area contributed by atoms with Gasteiger partial charge in [-0.3, -0.25) is 9.59 Å². The van der Waals surface area contributed by atoms with Crippen molar-refractivity contribution >= 4 is 23.1 Å². The molecule has 0 unspecified atom stereocenters. The summed E-state index contributed by atoms with van der Waals surface area (Å²) in [5.41, 5.74) is 1.42. The lowest BCUT2D eigenvalue weighted by Crippen LogP contribution is -2.37. The third-order valence-corrected chi connectivity index (χ3v) is 4.76. The highest BCUT2D eigenvalue weighted by Gasteiger charge is 2.36. The van der Waals surface area contributed by atoms with Gasteiger partial charge in [0.2, 0.25) is 0 Å². The Morgan fingerprint density at radius 1 is 1.32 bits per heavy atom. The van der Waals surface area contributed by atoms with Gasteiger partial charge in [-0.15, -0.1) is 6.58 Å². The van der Waals surface area contributed by atoms with Crippen LogP contribution < -0.4 is 10.2 Å². The second-order valence-electron chi connectivity index (χ2n) is 6.39. The number of fused-ring (bicyclic) bond motifs is 1. The summed E-state index contributed by atoms with van der Waals surface area (Å²) in [5, 5.41) is 12.5. The predicted octanol–water partition coefficient (Wildman–Crippen LogP) is 2.95. The Morgan fingerprint density at radius 2 is 2.04 bits per heavy atom. The number of nitriles is 1. The van der Waals surface area contributed by atoms with Gasteiger partial charge in [-0.05, 0) is 18.9 Å². The van der Waals surface area contributed by atoms with Crippen LogP contribution in [0.25, 0.3) is 5.57 Å². The lowest BCUT2D eigenvalue weighted by molar-refractivity contribution is -0.118. The second kappa shape index (κ2) is 7.35. The maximum Gasteiger partial charge on any atom is 0.263 e. The fourth-order valence-electron chi connectivity index (χ4n) is 3.56. The van der Waals surface area contributed by atoms with Crippen LogP contribution in [0.5, 0.6) is 0 Å². The highest BCUT2D eigenvalue weighted by Crippen LogP contribution is 2.38. The van der Waals surface area contributed by atoms with Gasteiger partial charge in [-0.1, -0.05) is 43.5 Å². The van der Waals surface area contributed by atoms with E-state index < -0.39 is 5.91 Å². The van der Waals surface area contributed by atoms with Crippen LogP contribution in [0.15, 0.2) is 42.5 Å². The Kier molecular flexibility index (Phi) is 4.99. The Labute approximate surface area is 147 Å². The minimum absolute atomic E-state index is 0.0845. The molecule has 3 rings (SSSR count). The van der Waals surface area contributed by atoms with E-state index in [1.807, 2.05) is 18.2 Å². The van der Waals surface area contributed by atoms with Crippen LogP contribution in [0, 0.1) is 11.3 Å². The van der Waals surface area contributed by atoms with E-state index in [2.05, 4.69) is 11.9 Å². The van der Waals surface area contributed by atoms with Gasteiger partial charge in [0.25, 0.3) is 11.8 Å². The number of anilines is 1. The molecule has 1 fully saturated rings. The van der Waals surface area contributed by atoms with Crippen LogP contribution in [0.1, 0.15) is 37.7 Å². The van der Waals surface area contributed by atoms with E-state index in [0.29, 0.717) is 17.8 Å². The molecular formula is C20H21N3O2. The molecule has 0 spiro atoms. The molecule has 1 aromatic carbocycles. The lowest BCUT2D eigenvalue weighted by atomic mass is 9.94. The summed E-state index contributed by atoms with van der Waals surface area (Å²) in [6.07, 6.45) is 6.82. The van der Waals surface area contributed by atoms with Crippen molar-refractivity contribution in [3.8, 4) is 6.07 Å². The number of nitrogens with one attached hydrogen (secondary N) is 1. The van der Waals surface area contributed by atoms with Gasteiger partial charge in [-0.2, -0.15) is 5.26 Å². The van der Waals surface area contributed by atoms with Crippen molar-refractivity contribution in [1.29, 1.82) is 5.26 Å². The Hall–Kier alpha value is -2.87. The van der Waals surface area contributed by atoms with Crippen molar-refractivity contribution in [3.05, 3.63) is 48.1 Å². The van der Waals surface area contributed by atoms with Crippen molar-refractivity contribution in [2.45, 2.75) is 38.1 Å². The number of benzene rings is 1. The topological polar surface area (TPSA) is 73.2 Å². The Morgan fingerprint density at radius 3 is 2.72 bits per heavy atom. The first-order chi connectivity index (χ1) is 12.2. The third kappa shape index (κ3) is 3.20. The number of amides is 2. The number of para-hydroxylation sites is 1. The third-order valence-electron chi connectivity index (χ3n) is 4.76. The predicted molar refractivity (Wildman–Crippen MR) is 96.5 cm³/mol. The monoisotopic (exact) mass is 335 g/mol. The lowest BCUT2D eigenvalue weighted by Gasteiger charge is -2.22. The zero-order chi connectivity index (χ0) is 17.8. The van der Waals surface area contributed by atoms with Gasteiger partial charge < -0.3 is 10.2 Å². The molecule has 1 aliphatic heterocycles. The normalized spacial score (nSPS) is 19.2. The van der Waals surface area contributed by atoms with Crippen LogP contribution in [-0.4, -0.2) is 24.4 Å². The van der Waals surface area contributed by atoms with Gasteiger partial charge in [0.1, 0.15) is 11.6 Å². The summed E-state index contributed by atoms with van der Waals surface area (Å²) in [6.45, 7) is 4.02. The summed E-state index contributed by atoms with van der Waals surface area (Å²) < 4.78 is 0. The summed E-state index contributed by atoms with van der Waals surface area (Å²) in [5.74, 6) is -0.774. The van der Waals surface area contributed by atoms with Gasteiger partial charge in [0.05, 0.1) is 11.3 Å². The first-order valence-electron chi connectivity index (χ1n) is 8.64. The first kappa shape index (κ1) is 17.0. The molecular weight excluding hydrogens is 314 g/mol. The maximum absolute atomic E-state index is 12.8. The summed E-state index contributed by atoms with van der Waals surface area (Å²) >= 11 is 0. The molecule has 0 atom stereocenters. The van der Waals surface area contributed by atoms with Crippen molar-refractivity contribution < 1.29 is 9.59 Å². The van der Waals surface area contributed by atoms with E-state index in [1.165, 1.54) is 6.42 Å². The molecule has 1 heterocycles. The smallest absolute Gasteiger partial charge is 0.263 e. The zero-order valence-corrected chi connectivity index (χ0v) is 14.1. The summed E-state index contributed by atoms with van der Waals surface area (Å²) in [6, 6.07) is 9.27. The second-order valence-corrected chi connectivity index (χ2v) is 6.39. The molecule has 1 aromatic rings. The van der Waals surface area contributed by atoms with E-state index in [-0.39, 0.29) is 23.1 Å². The Bertz CT molecular complexity index is 782. The Balaban J connectivity index is 1.98. The van der Waals surface area contributed by atoms with E-state index in [4.69, 9.17) is 0 Å². The molecule has 0 bridgehead atoms. The van der Waals surface area contributed by atoms with E-state index in [9.17, 15) is 14.9 Å². The molecule has 0 radical (unpaired) electrons. The molecule has 5 nitrogen and oxygen atoms in total. The van der Waals surface area contributed by atoms with E-state index >= 15 is 0 Å². The number of hydrogen-bond acceptors (Lipinski definition) is 3. The van der Waals surface area contributed by atoms with Gasteiger partial charge in [-0.25, -0.2) is 0 Å². The van der Waals surface area contributed by atoms with Crippen LogP contribution >= 0.6 is 0 Å². The number of nitrogens with zero attached hydrogens (tertiary/aromatic N) is 2. The molecule has 5 heteroatoms. The largest absolute Gasteiger partial charge is 0.349 e. The number of carbonyl (C=O) groups is 2. The standard InChI is InChI=1S/C20H21N3O2/c1-2-12-23-17-11-7-6-10-15(17)18(20(23)25)16(13-21)19(24)22-14-8-4-3-5-9-14/h2,6-7,10-11,14H,1,3-5,8-9,12H2,(H,22,24)/b18-16+. The van der Waals surface area contributed by atoms with E-state index in [0.717, 1.165) is 25.7 Å². The van der Waals surface area contributed by atoms with Gasteiger partial charge in [0, 0.05) is 18.2 Å². The number of hydrogen-bond donors (Lipinski definition) is 1. The van der Waals surface area contributed by atoms with Crippen molar-refractivity contribution in [2.24, 2.45) is 0 Å². The summed E-state index contributed by atoms with van der Waals surface area (Å²) in [7, 11) is 0. The van der Waals surface area contributed by atoms with E-state index in [1.54, 1.807) is 23.1 Å². The molecule has 2 aliphatic rings. The van der Waals surface area contributed by atoms with Crippen molar-refractivity contribution in [3.63, 3.8) is 0 Å². The molecule has 0 aromatic heterocycles. The van der Waals surface area contributed by atoms with Crippen molar-refractivity contribution in [2.75, 3.05) is 11.4 Å². The molecule has 128 valence electrons. The molecule has 0 saturated heterocycles. The highest BCUT2D eigenvalue weighted by atomic mass is 16.2. The average Bonchev–Trinajstić information content (AvgIpc) is 2.90. The maximum atomic E-state index is 12.8. The number of carbonyl (C=O) groups excluding carboxylic acids is 2. The van der Waals surface area contributed by atoms with Crippen molar-refractivity contribution in [1.82, 2.24) is 5.32 Å². The number of rotatable bonds is 4.